The molecule has 9 heteroatoms. The maximum absolute atomic E-state index is 13.0. The number of hydrogen-bond acceptors (Lipinski definition) is 6. The van der Waals surface area contributed by atoms with Gasteiger partial charge in [-0.3, -0.25) is 4.79 Å². The highest BCUT2D eigenvalue weighted by Gasteiger charge is 2.30. The van der Waals surface area contributed by atoms with Crippen molar-refractivity contribution in [3.8, 4) is 6.07 Å². The largest absolute Gasteiger partial charge is 0.451 e. The summed E-state index contributed by atoms with van der Waals surface area (Å²) in [6.45, 7) is 6.32. The molecule has 0 aromatic heterocycles. The van der Waals surface area contributed by atoms with Crippen LogP contribution in [0.2, 0.25) is 6.32 Å². The van der Waals surface area contributed by atoms with E-state index in [1.165, 1.54) is 0 Å². The van der Waals surface area contributed by atoms with E-state index in [1.54, 1.807) is 11.0 Å². The van der Waals surface area contributed by atoms with Crippen LogP contribution in [0.25, 0.3) is 0 Å². The van der Waals surface area contributed by atoms with Crippen LogP contribution in [-0.2, 0) is 9.53 Å². The number of nitriles is 1. The van der Waals surface area contributed by atoms with E-state index in [2.05, 4.69) is 5.32 Å². The molecule has 1 aliphatic heterocycles. The summed E-state index contributed by atoms with van der Waals surface area (Å²) in [6, 6.07) is 10.5. The number of nitrogens with one attached hydrogen (secondary N) is 1. The van der Waals surface area contributed by atoms with Crippen LogP contribution in [0.1, 0.15) is 58.1 Å². The molecule has 0 bridgehead atoms. The lowest BCUT2D eigenvalue weighted by Gasteiger charge is -2.35. The van der Waals surface area contributed by atoms with Gasteiger partial charge in [0.1, 0.15) is 18.2 Å². The van der Waals surface area contributed by atoms with Gasteiger partial charge in [0.15, 0.2) is 0 Å². The standard InChI is InChI=1S/C24H34BN3O5/c1-24(2,3)15-19(16-26)22(29)28-14-8-7-11-20(28)17-33-23(30)27-21(12-13-25(31)32)18-9-5-4-6-10-18/h4-6,9-10,15,20-21,31-32H,7-8,11-14,17H2,1-3H3,(H,27,30)/t20-,21-/m1/s1. The minimum Gasteiger partial charge on any atom is -0.447 e. The van der Waals surface area contributed by atoms with E-state index in [0.717, 1.165) is 18.4 Å². The maximum Gasteiger partial charge on any atom is 0.451 e. The second-order valence-corrected chi connectivity index (χ2v) is 9.45. The zero-order valence-electron chi connectivity index (χ0n) is 19.7. The Kier molecular flexibility index (Phi) is 9.95. The van der Waals surface area contributed by atoms with Gasteiger partial charge in [-0.05, 0) is 43.0 Å². The van der Waals surface area contributed by atoms with E-state index in [-0.39, 0.29) is 35.9 Å². The van der Waals surface area contributed by atoms with Crippen LogP contribution in [0.4, 0.5) is 4.79 Å². The van der Waals surface area contributed by atoms with E-state index in [9.17, 15) is 24.9 Å². The highest BCUT2D eigenvalue weighted by atomic mass is 16.5. The lowest BCUT2D eigenvalue weighted by molar-refractivity contribution is -0.131. The molecule has 2 amide bonds. The van der Waals surface area contributed by atoms with Crippen molar-refractivity contribution >= 4 is 19.1 Å². The van der Waals surface area contributed by atoms with Crippen molar-refractivity contribution in [2.45, 2.75) is 64.9 Å². The van der Waals surface area contributed by atoms with Crippen LogP contribution in [0, 0.1) is 16.7 Å². The second-order valence-electron chi connectivity index (χ2n) is 9.45. The summed E-state index contributed by atoms with van der Waals surface area (Å²) in [5.41, 5.74) is 0.623. The fourth-order valence-corrected chi connectivity index (χ4v) is 3.85. The van der Waals surface area contributed by atoms with Gasteiger partial charge >= 0.3 is 13.2 Å². The summed E-state index contributed by atoms with van der Waals surface area (Å²) in [5, 5.41) is 30.7. The van der Waals surface area contributed by atoms with Crippen LogP contribution in [0.5, 0.6) is 0 Å². The third kappa shape index (κ3) is 8.91. The zero-order chi connectivity index (χ0) is 24.4. The van der Waals surface area contributed by atoms with Crippen molar-refractivity contribution in [1.82, 2.24) is 10.2 Å². The summed E-state index contributed by atoms with van der Waals surface area (Å²) >= 11 is 0. The fraction of sp³-hybridized carbons (Fsp3) is 0.542. The first-order chi connectivity index (χ1) is 15.6. The van der Waals surface area contributed by atoms with Crippen molar-refractivity contribution in [3.05, 3.63) is 47.5 Å². The zero-order valence-corrected chi connectivity index (χ0v) is 19.7. The molecule has 0 unspecified atom stereocenters. The van der Waals surface area contributed by atoms with E-state index in [4.69, 9.17) is 4.74 Å². The number of alkyl carbamates (subject to hydrolysis) is 1. The van der Waals surface area contributed by atoms with Gasteiger partial charge in [-0.15, -0.1) is 0 Å². The van der Waals surface area contributed by atoms with Gasteiger partial charge in [-0.1, -0.05) is 57.2 Å². The molecule has 1 aromatic carbocycles. The third-order valence-electron chi connectivity index (χ3n) is 5.43. The molecule has 1 saturated heterocycles. The number of hydrogen-bond donors (Lipinski definition) is 3. The highest BCUT2D eigenvalue weighted by Crippen LogP contribution is 2.24. The summed E-state index contributed by atoms with van der Waals surface area (Å²) < 4.78 is 5.46. The Bertz CT molecular complexity index is 861. The predicted molar refractivity (Wildman–Crippen MR) is 126 cm³/mol. The predicted octanol–water partition coefficient (Wildman–Crippen LogP) is 3.19. The molecule has 33 heavy (non-hydrogen) atoms. The van der Waals surface area contributed by atoms with Crippen molar-refractivity contribution in [2.24, 2.45) is 5.41 Å². The number of carbonyl (C=O) groups excluding carboxylic acids is 2. The summed E-state index contributed by atoms with van der Waals surface area (Å²) in [6.07, 6.45) is 3.89. The van der Waals surface area contributed by atoms with Gasteiger partial charge in [0, 0.05) is 6.54 Å². The van der Waals surface area contributed by atoms with Gasteiger partial charge in [-0.25, -0.2) is 4.79 Å². The first-order valence-electron chi connectivity index (χ1n) is 11.4. The molecule has 1 fully saturated rings. The molecule has 3 N–H and O–H groups in total. The van der Waals surface area contributed by atoms with E-state index < -0.39 is 19.3 Å². The Morgan fingerprint density at radius 1 is 1.30 bits per heavy atom. The Morgan fingerprint density at radius 2 is 2.00 bits per heavy atom. The highest BCUT2D eigenvalue weighted by molar-refractivity contribution is 6.40. The molecule has 1 aliphatic rings. The van der Waals surface area contributed by atoms with Crippen LogP contribution in [0.15, 0.2) is 42.0 Å². The van der Waals surface area contributed by atoms with E-state index in [0.29, 0.717) is 19.4 Å². The quantitative estimate of drug-likeness (QED) is 0.314. The molecule has 1 heterocycles. The van der Waals surface area contributed by atoms with Gasteiger partial charge < -0.3 is 25.0 Å². The molecular formula is C24H34BN3O5. The lowest BCUT2D eigenvalue weighted by Crippen LogP contribution is -2.47. The number of nitrogens with zero attached hydrogens (tertiary/aromatic N) is 2. The molecule has 0 spiro atoms. The summed E-state index contributed by atoms with van der Waals surface area (Å²) in [4.78, 5) is 27.2. The van der Waals surface area contributed by atoms with Crippen molar-refractivity contribution in [2.75, 3.05) is 13.2 Å². The number of carbonyl (C=O) groups is 2. The summed E-state index contributed by atoms with van der Waals surface area (Å²) in [5.74, 6) is -0.333. The Morgan fingerprint density at radius 3 is 2.61 bits per heavy atom. The first-order valence-corrected chi connectivity index (χ1v) is 11.4. The minimum atomic E-state index is -1.47. The van der Waals surface area contributed by atoms with Gasteiger partial charge in [-0.2, -0.15) is 5.26 Å². The maximum atomic E-state index is 13.0. The summed E-state index contributed by atoms with van der Waals surface area (Å²) in [7, 11) is -1.47. The average Bonchev–Trinajstić information content (AvgIpc) is 2.78. The Labute approximate surface area is 196 Å². The number of ether oxygens (including phenoxy) is 1. The lowest BCUT2D eigenvalue weighted by atomic mass is 9.81. The van der Waals surface area contributed by atoms with Crippen LogP contribution >= 0.6 is 0 Å². The Balaban J connectivity index is 2.03. The minimum absolute atomic E-state index is 0.0237. The number of benzene rings is 1. The SMILES string of the molecule is CC(C)(C)C=C(C#N)C(=O)N1CCCC[C@@H]1COC(=O)N[C@H](CCB(O)O)c1ccccc1. The van der Waals surface area contributed by atoms with Crippen LogP contribution in [-0.4, -0.2) is 53.3 Å². The molecule has 178 valence electrons. The van der Waals surface area contributed by atoms with Crippen molar-refractivity contribution < 1.29 is 24.4 Å². The monoisotopic (exact) mass is 455 g/mol. The molecule has 0 aliphatic carbocycles. The van der Waals surface area contributed by atoms with Gasteiger partial charge in [0.05, 0.1) is 12.1 Å². The van der Waals surface area contributed by atoms with Gasteiger partial charge in [0.25, 0.3) is 5.91 Å². The van der Waals surface area contributed by atoms with E-state index >= 15 is 0 Å². The fourth-order valence-electron chi connectivity index (χ4n) is 3.85. The number of allylic oxidation sites excluding steroid dienone is 1. The topological polar surface area (TPSA) is 123 Å². The number of likely N-dealkylation sites (tertiary alicyclic amines) is 1. The van der Waals surface area contributed by atoms with E-state index in [1.807, 2.05) is 57.2 Å². The first kappa shape index (κ1) is 26.4. The molecule has 0 saturated carbocycles. The van der Waals surface area contributed by atoms with Crippen molar-refractivity contribution in [3.63, 3.8) is 0 Å². The normalized spacial score (nSPS) is 17.6. The van der Waals surface area contributed by atoms with Gasteiger partial charge in [0.2, 0.25) is 0 Å². The number of amides is 2. The molecule has 1 aromatic rings. The molecule has 8 nitrogen and oxygen atoms in total. The van der Waals surface area contributed by atoms with Crippen LogP contribution in [0.3, 0.4) is 0 Å². The average molecular weight is 455 g/mol. The van der Waals surface area contributed by atoms with Crippen molar-refractivity contribution in [1.29, 1.82) is 5.26 Å². The third-order valence-corrected chi connectivity index (χ3v) is 5.43. The number of piperidine rings is 1. The smallest absolute Gasteiger partial charge is 0.447 e. The molecular weight excluding hydrogens is 421 g/mol. The Hall–Kier alpha value is -2.83. The van der Waals surface area contributed by atoms with Crippen LogP contribution < -0.4 is 5.32 Å². The molecule has 2 rings (SSSR count). The number of rotatable bonds is 8. The second kappa shape index (κ2) is 12.4. The molecule has 2 atom stereocenters. The molecule has 0 radical (unpaired) electrons.